The van der Waals surface area contributed by atoms with Crippen LogP contribution >= 0.6 is 22.6 Å². The largest absolute Gasteiger partial charge is 0.387 e. The van der Waals surface area contributed by atoms with Gasteiger partial charge in [-0.25, -0.2) is 4.98 Å². The lowest BCUT2D eigenvalue weighted by molar-refractivity contribution is 0.0566. The van der Waals surface area contributed by atoms with Gasteiger partial charge in [-0.15, -0.1) is 0 Å². The van der Waals surface area contributed by atoms with Gasteiger partial charge in [-0.3, -0.25) is 0 Å². The number of hydrogen-bond acceptors (Lipinski definition) is 3. The van der Waals surface area contributed by atoms with Crippen LogP contribution in [0.2, 0.25) is 0 Å². The van der Waals surface area contributed by atoms with Crippen LogP contribution < -0.4 is 0 Å². The number of aliphatic hydroxyl groups is 1. The van der Waals surface area contributed by atoms with E-state index in [1.165, 1.54) is 0 Å². The molecule has 1 heterocycles. The summed E-state index contributed by atoms with van der Waals surface area (Å²) in [7, 11) is 0. The molecule has 5 heteroatoms. The molecule has 2 aromatic rings. The molecule has 0 fully saturated rings. The summed E-state index contributed by atoms with van der Waals surface area (Å²) in [6.45, 7) is 2.67. The van der Waals surface area contributed by atoms with Crippen molar-refractivity contribution in [2.24, 2.45) is 0 Å². The van der Waals surface area contributed by atoms with Gasteiger partial charge in [-0.2, -0.15) is 0 Å². The maximum Gasteiger partial charge on any atom is 0.125 e. The summed E-state index contributed by atoms with van der Waals surface area (Å²) in [5.41, 5.74) is 1.93. The number of benzene rings is 1. The van der Waals surface area contributed by atoms with Crippen LogP contribution in [0.15, 0.2) is 36.7 Å². The first-order chi connectivity index (χ1) is 8.68. The highest BCUT2D eigenvalue weighted by molar-refractivity contribution is 14.1. The van der Waals surface area contributed by atoms with Gasteiger partial charge in [0.05, 0.1) is 24.7 Å². The monoisotopic (exact) mass is 358 g/mol. The Hall–Kier alpha value is -0.920. The molecular weight excluding hydrogens is 343 g/mol. The average molecular weight is 358 g/mol. The molecule has 0 spiro atoms. The van der Waals surface area contributed by atoms with Gasteiger partial charge < -0.3 is 14.4 Å². The van der Waals surface area contributed by atoms with Crippen molar-refractivity contribution in [3.63, 3.8) is 0 Å². The van der Waals surface area contributed by atoms with Gasteiger partial charge >= 0.3 is 0 Å². The minimum atomic E-state index is -0.542. The van der Waals surface area contributed by atoms with Crippen molar-refractivity contribution in [2.45, 2.75) is 26.4 Å². The van der Waals surface area contributed by atoms with Gasteiger partial charge in [-0.05, 0) is 35.1 Å². The van der Waals surface area contributed by atoms with Crippen molar-refractivity contribution in [1.82, 2.24) is 9.55 Å². The molecule has 0 radical (unpaired) electrons. The lowest BCUT2D eigenvalue weighted by Gasteiger charge is -2.11. The molecule has 1 aromatic heterocycles. The summed E-state index contributed by atoms with van der Waals surface area (Å²) < 4.78 is 8.26. The highest BCUT2D eigenvalue weighted by Gasteiger charge is 2.13. The van der Waals surface area contributed by atoms with Gasteiger partial charge in [0, 0.05) is 0 Å². The van der Waals surface area contributed by atoms with Gasteiger partial charge in [0.2, 0.25) is 0 Å². The third-order valence-corrected chi connectivity index (χ3v) is 3.40. The molecule has 1 atom stereocenters. The summed E-state index contributed by atoms with van der Waals surface area (Å²) in [6, 6.07) is 9.99. The summed E-state index contributed by atoms with van der Waals surface area (Å²) in [5.74, 6) is 0. The minimum absolute atomic E-state index is 0.394. The van der Waals surface area contributed by atoms with Crippen LogP contribution in [-0.2, 0) is 18.1 Å². The predicted octanol–water partition coefficient (Wildman–Crippen LogP) is 2.72. The second-order valence-corrected chi connectivity index (χ2v) is 5.05. The number of nitrogens with zero attached hydrogens (tertiary/aromatic N) is 2. The van der Waals surface area contributed by atoms with E-state index in [0.717, 1.165) is 15.0 Å². The second kappa shape index (κ2) is 6.31. The zero-order chi connectivity index (χ0) is 13.0. The zero-order valence-corrected chi connectivity index (χ0v) is 12.2. The Morgan fingerprint density at radius 1 is 1.39 bits per heavy atom. The van der Waals surface area contributed by atoms with Gasteiger partial charge in [0.25, 0.3) is 0 Å². The van der Waals surface area contributed by atoms with Crippen molar-refractivity contribution in [1.29, 1.82) is 0 Å². The third-order valence-electron chi connectivity index (χ3n) is 2.57. The second-order valence-electron chi connectivity index (χ2n) is 4.03. The van der Waals surface area contributed by atoms with Gasteiger partial charge in [-0.1, -0.05) is 30.3 Å². The van der Waals surface area contributed by atoms with Crippen molar-refractivity contribution in [3.05, 3.63) is 51.6 Å². The van der Waals surface area contributed by atoms with E-state index in [0.29, 0.717) is 13.3 Å². The van der Waals surface area contributed by atoms with Crippen LogP contribution in [0.25, 0.3) is 0 Å². The van der Waals surface area contributed by atoms with E-state index in [9.17, 15) is 5.11 Å². The Kier molecular flexibility index (Phi) is 4.73. The summed E-state index contributed by atoms with van der Waals surface area (Å²) in [5, 5.41) is 9.67. The molecule has 0 aliphatic rings. The Balaban J connectivity index is 1.95. The number of ether oxygens (including phenoxy) is 1. The smallest absolute Gasteiger partial charge is 0.125 e. The van der Waals surface area contributed by atoms with Crippen molar-refractivity contribution < 1.29 is 9.84 Å². The molecule has 1 aromatic carbocycles. The van der Waals surface area contributed by atoms with Crippen LogP contribution in [-0.4, -0.2) is 14.7 Å². The topological polar surface area (TPSA) is 47.3 Å². The standard InChI is InChI=1S/C13H15IN2O2/c1-10(17)12-13(14)15-8-16(12)9-18-7-11-5-3-2-4-6-11/h2-6,8,10,17H,7,9H2,1H3. The fraction of sp³-hybridized carbons (Fsp3) is 0.308. The normalized spacial score (nSPS) is 12.6. The Labute approximate surface area is 120 Å². The first-order valence-electron chi connectivity index (χ1n) is 5.68. The maximum atomic E-state index is 9.67. The van der Waals surface area contributed by atoms with Crippen LogP contribution in [0, 0.1) is 3.70 Å². The molecule has 1 N–H and O–H groups in total. The fourth-order valence-corrected chi connectivity index (χ4v) is 2.60. The molecule has 18 heavy (non-hydrogen) atoms. The number of rotatable bonds is 5. The van der Waals surface area contributed by atoms with Gasteiger partial charge in [0.1, 0.15) is 10.4 Å². The van der Waals surface area contributed by atoms with E-state index < -0.39 is 6.10 Å². The molecule has 0 saturated carbocycles. The number of aliphatic hydroxyl groups excluding tert-OH is 1. The van der Waals surface area contributed by atoms with Crippen LogP contribution in [0.4, 0.5) is 0 Å². The van der Waals surface area contributed by atoms with E-state index >= 15 is 0 Å². The van der Waals surface area contributed by atoms with Crippen LogP contribution in [0.5, 0.6) is 0 Å². The van der Waals surface area contributed by atoms with Crippen molar-refractivity contribution >= 4 is 22.6 Å². The predicted molar refractivity (Wildman–Crippen MR) is 76.8 cm³/mol. The highest BCUT2D eigenvalue weighted by Crippen LogP contribution is 2.18. The maximum absolute atomic E-state index is 9.67. The summed E-state index contributed by atoms with van der Waals surface area (Å²) >= 11 is 2.11. The summed E-state index contributed by atoms with van der Waals surface area (Å²) in [6.07, 6.45) is 1.15. The van der Waals surface area contributed by atoms with Crippen molar-refractivity contribution in [2.75, 3.05) is 0 Å². The molecule has 0 saturated heterocycles. The zero-order valence-electron chi connectivity index (χ0n) is 10.1. The van der Waals surface area contributed by atoms with Crippen molar-refractivity contribution in [3.8, 4) is 0 Å². The Bertz CT molecular complexity index is 497. The lowest BCUT2D eigenvalue weighted by atomic mass is 10.2. The summed E-state index contributed by atoms with van der Waals surface area (Å²) in [4.78, 5) is 4.17. The van der Waals surface area contributed by atoms with Crippen LogP contribution in [0.1, 0.15) is 24.3 Å². The number of imidazole rings is 1. The fourth-order valence-electron chi connectivity index (χ4n) is 1.72. The molecule has 0 bridgehead atoms. The van der Waals surface area contributed by atoms with E-state index in [-0.39, 0.29) is 0 Å². The molecule has 0 amide bonds. The molecule has 1 unspecified atom stereocenters. The molecule has 2 rings (SSSR count). The van der Waals surface area contributed by atoms with Gasteiger partial charge in [0.15, 0.2) is 0 Å². The van der Waals surface area contributed by atoms with E-state index in [1.54, 1.807) is 13.3 Å². The van der Waals surface area contributed by atoms with Crippen LogP contribution in [0.3, 0.4) is 0 Å². The number of aromatic nitrogens is 2. The average Bonchev–Trinajstić information content (AvgIpc) is 2.72. The first-order valence-corrected chi connectivity index (χ1v) is 6.76. The highest BCUT2D eigenvalue weighted by atomic mass is 127. The Morgan fingerprint density at radius 2 is 2.11 bits per heavy atom. The number of halogens is 1. The molecule has 0 aliphatic carbocycles. The molecule has 96 valence electrons. The lowest BCUT2D eigenvalue weighted by Crippen LogP contribution is -2.08. The van der Waals surface area contributed by atoms with E-state index in [1.807, 2.05) is 34.9 Å². The minimum Gasteiger partial charge on any atom is -0.387 e. The molecule has 0 aliphatic heterocycles. The first kappa shape index (κ1) is 13.5. The van der Waals surface area contributed by atoms with E-state index in [2.05, 4.69) is 27.6 Å². The third kappa shape index (κ3) is 3.30. The van der Waals surface area contributed by atoms with E-state index in [4.69, 9.17) is 4.74 Å². The molecular formula is C13H15IN2O2. The number of hydrogen-bond donors (Lipinski definition) is 1. The Morgan fingerprint density at radius 3 is 2.78 bits per heavy atom. The SMILES string of the molecule is CC(O)c1c(I)ncn1COCc1ccccc1. The molecule has 4 nitrogen and oxygen atoms in total. The quantitative estimate of drug-likeness (QED) is 0.837.